The molecule has 1 fully saturated rings. The van der Waals surface area contributed by atoms with E-state index in [0.717, 1.165) is 18.4 Å². The number of carboxylic acids is 1. The van der Waals surface area contributed by atoms with E-state index >= 15 is 0 Å². The zero-order valence-corrected chi connectivity index (χ0v) is 11.7. The van der Waals surface area contributed by atoms with Crippen molar-refractivity contribution in [1.82, 2.24) is 5.32 Å². The van der Waals surface area contributed by atoms with Crippen LogP contribution in [0.15, 0.2) is 12.1 Å². The second-order valence-electron chi connectivity index (χ2n) is 6.05. The van der Waals surface area contributed by atoms with Gasteiger partial charge < -0.3 is 10.4 Å². The first-order chi connectivity index (χ1) is 10.0. The Bertz CT molecular complexity index is 591. The SMILES string of the molecule is O=C1NCc2c(F)cc(CC3CCC(C(=O)O)CC3)cc21. The van der Waals surface area contributed by atoms with Gasteiger partial charge in [0.25, 0.3) is 5.91 Å². The van der Waals surface area contributed by atoms with Crippen LogP contribution in [0.2, 0.25) is 0 Å². The molecule has 1 aliphatic heterocycles. The third-order valence-electron chi connectivity index (χ3n) is 4.65. The third kappa shape index (κ3) is 2.77. The van der Waals surface area contributed by atoms with Crippen LogP contribution in [0.5, 0.6) is 0 Å². The number of carboxylic acid groups (broad SMARTS) is 1. The number of halogens is 1. The smallest absolute Gasteiger partial charge is 0.306 e. The van der Waals surface area contributed by atoms with Crippen LogP contribution in [0.4, 0.5) is 4.39 Å². The molecule has 4 nitrogen and oxygen atoms in total. The summed E-state index contributed by atoms with van der Waals surface area (Å²) in [7, 11) is 0. The first kappa shape index (κ1) is 14.0. The number of carbonyl (C=O) groups is 2. The Morgan fingerprint density at radius 1 is 1.29 bits per heavy atom. The van der Waals surface area contributed by atoms with Crippen molar-refractivity contribution < 1.29 is 19.1 Å². The van der Waals surface area contributed by atoms with Crippen molar-refractivity contribution in [2.24, 2.45) is 11.8 Å². The van der Waals surface area contributed by atoms with Gasteiger partial charge in [-0.2, -0.15) is 0 Å². The third-order valence-corrected chi connectivity index (χ3v) is 4.65. The van der Waals surface area contributed by atoms with E-state index in [0.29, 0.717) is 36.3 Å². The van der Waals surface area contributed by atoms with Crippen LogP contribution < -0.4 is 5.32 Å². The van der Waals surface area contributed by atoms with Crippen LogP contribution in [0.1, 0.15) is 47.2 Å². The lowest BCUT2D eigenvalue weighted by atomic mass is 9.79. The van der Waals surface area contributed by atoms with E-state index in [1.165, 1.54) is 6.07 Å². The van der Waals surface area contributed by atoms with Crippen molar-refractivity contribution >= 4 is 11.9 Å². The van der Waals surface area contributed by atoms with Crippen LogP contribution >= 0.6 is 0 Å². The maximum Gasteiger partial charge on any atom is 0.306 e. The monoisotopic (exact) mass is 291 g/mol. The lowest BCUT2D eigenvalue weighted by Crippen LogP contribution is -2.22. The Balaban J connectivity index is 1.69. The molecule has 21 heavy (non-hydrogen) atoms. The van der Waals surface area contributed by atoms with Crippen molar-refractivity contribution in [2.45, 2.75) is 38.6 Å². The van der Waals surface area contributed by atoms with Crippen molar-refractivity contribution in [1.29, 1.82) is 0 Å². The van der Waals surface area contributed by atoms with Crippen molar-refractivity contribution in [3.63, 3.8) is 0 Å². The van der Waals surface area contributed by atoms with Gasteiger partial charge in [0.2, 0.25) is 0 Å². The quantitative estimate of drug-likeness (QED) is 0.899. The van der Waals surface area contributed by atoms with Gasteiger partial charge in [-0.1, -0.05) is 0 Å². The van der Waals surface area contributed by atoms with E-state index in [9.17, 15) is 14.0 Å². The molecule has 2 N–H and O–H groups in total. The maximum absolute atomic E-state index is 14.0. The lowest BCUT2D eigenvalue weighted by Gasteiger charge is -2.26. The molecular formula is C16H18FNO3. The zero-order chi connectivity index (χ0) is 15.0. The minimum absolute atomic E-state index is 0.208. The highest BCUT2D eigenvalue weighted by atomic mass is 19.1. The van der Waals surface area contributed by atoms with Crippen molar-refractivity contribution in [3.8, 4) is 0 Å². The van der Waals surface area contributed by atoms with E-state index in [2.05, 4.69) is 5.32 Å². The van der Waals surface area contributed by atoms with Crippen molar-refractivity contribution in [3.05, 3.63) is 34.6 Å². The molecule has 1 aromatic carbocycles. The van der Waals surface area contributed by atoms with Gasteiger partial charge in [0.15, 0.2) is 0 Å². The number of fused-ring (bicyclic) bond motifs is 1. The number of benzene rings is 1. The number of aliphatic carboxylic acids is 1. The Morgan fingerprint density at radius 3 is 2.67 bits per heavy atom. The number of amides is 1. The van der Waals surface area contributed by atoms with Crippen molar-refractivity contribution in [2.75, 3.05) is 0 Å². The second kappa shape index (κ2) is 5.47. The van der Waals surface area contributed by atoms with Gasteiger partial charge in [-0.15, -0.1) is 0 Å². The first-order valence-corrected chi connectivity index (χ1v) is 7.37. The van der Waals surface area contributed by atoms with Gasteiger partial charge in [-0.3, -0.25) is 9.59 Å². The number of hydrogen-bond donors (Lipinski definition) is 2. The fourth-order valence-electron chi connectivity index (χ4n) is 3.40. The molecule has 1 heterocycles. The average molecular weight is 291 g/mol. The highest BCUT2D eigenvalue weighted by Gasteiger charge is 2.27. The molecule has 1 saturated carbocycles. The molecule has 0 spiro atoms. The summed E-state index contributed by atoms with van der Waals surface area (Å²) in [4.78, 5) is 22.6. The van der Waals surface area contributed by atoms with Gasteiger partial charge in [0.05, 0.1) is 5.92 Å². The molecule has 0 atom stereocenters. The molecule has 0 radical (unpaired) electrons. The molecule has 5 heteroatoms. The Hall–Kier alpha value is -1.91. The molecule has 1 amide bonds. The Kier molecular flexibility index (Phi) is 3.66. The lowest BCUT2D eigenvalue weighted by molar-refractivity contribution is -0.143. The molecule has 0 saturated heterocycles. The van der Waals surface area contributed by atoms with Crippen LogP contribution in [0, 0.1) is 17.7 Å². The van der Waals surface area contributed by atoms with Gasteiger partial charge in [0.1, 0.15) is 5.82 Å². The maximum atomic E-state index is 14.0. The molecule has 0 bridgehead atoms. The van der Waals surface area contributed by atoms with E-state index in [4.69, 9.17) is 5.11 Å². The molecule has 1 aromatic rings. The summed E-state index contributed by atoms with van der Waals surface area (Å²) >= 11 is 0. The summed E-state index contributed by atoms with van der Waals surface area (Å²) in [6, 6.07) is 3.30. The predicted molar refractivity (Wildman–Crippen MR) is 74.4 cm³/mol. The minimum Gasteiger partial charge on any atom is -0.481 e. The molecule has 0 aromatic heterocycles. The summed E-state index contributed by atoms with van der Waals surface area (Å²) in [5, 5.41) is 11.6. The molecule has 1 aliphatic carbocycles. The highest BCUT2D eigenvalue weighted by molar-refractivity contribution is 5.98. The molecule has 0 unspecified atom stereocenters. The normalized spacial score (nSPS) is 24.5. The molecule has 112 valence electrons. The topological polar surface area (TPSA) is 66.4 Å². The van der Waals surface area contributed by atoms with Crippen LogP contribution in [0.3, 0.4) is 0 Å². The van der Waals surface area contributed by atoms with Gasteiger partial charge in [-0.05, 0) is 55.7 Å². The molecule has 3 rings (SSSR count). The number of hydrogen-bond acceptors (Lipinski definition) is 2. The molecule has 2 aliphatic rings. The van der Waals surface area contributed by atoms with E-state index in [1.54, 1.807) is 6.07 Å². The van der Waals surface area contributed by atoms with Crippen LogP contribution in [-0.4, -0.2) is 17.0 Å². The summed E-state index contributed by atoms with van der Waals surface area (Å²) < 4.78 is 14.0. The summed E-state index contributed by atoms with van der Waals surface area (Å²) in [5.41, 5.74) is 1.74. The first-order valence-electron chi connectivity index (χ1n) is 7.37. The fraction of sp³-hybridized carbons (Fsp3) is 0.500. The standard InChI is InChI=1S/C16H18FNO3/c17-14-7-10(6-12-13(14)8-18-15(12)19)5-9-1-3-11(4-2-9)16(20)21/h6-7,9,11H,1-5,8H2,(H,18,19)(H,20,21). The van der Waals surface area contributed by atoms with Gasteiger partial charge >= 0.3 is 5.97 Å². The highest BCUT2D eigenvalue weighted by Crippen LogP contribution is 2.32. The summed E-state index contributed by atoms with van der Waals surface area (Å²) in [6.45, 7) is 0.268. The Morgan fingerprint density at radius 2 is 2.00 bits per heavy atom. The van der Waals surface area contributed by atoms with Crippen LogP contribution in [-0.2, 0) is 17.8 Å². The number of rotatable bonds is 3. The zero-order valence-electron chi connectivity index (χ0n) is 11.7. The van der Waals surface area contributed by atoms with Crippen LogP contribution in [0.25, 0.3) is 0 Å². The largest absolute Gasteiger partial charge is 0.481 e. The summed E-state index contributed by atoms with van der Waals surface area (Å²) in [5.74, 6) is -1.10. The summed E-state index contributed by atoms with van der Waals surface area (Å²) in [6.07, 6.45) is 3.79. The van der Waals surface area contributed by atoms with Gasteiger partial charge in [-0.25, -0.2) is 4.39 Å². The Labute approximate surface area is 122 Å². The predicted octanol–water partition coefficient (Wildman–Crippen LogP) is 2.50. The second-order valence-corrected chi connectivity index (χ2v) is 6.05. The van der Waals surface area contributed by atoms with E-state index < -0.39 is 5.97 Å². The average Bonchev–Trinajstić information content (AvgIpc) is 2.82. The minimum atomic E-state index is -0.714. The van der Waals surface area contributed by atoms with E-state index in [-0.39, 0.29) is 24.2 Å². The molecular weight excluding hydrogens is 273 g/mol. The number of carbonyl (C=O) groups excluding carboxylic acids is 1. The number of nitrogens with one attached hydrogen (secondary N) is 1. The fourth-order valence-corrected chi connectivity index (χ4v) is 3.40. The van der Waals surface area contributed by atoms with E-state index in [1.807, 2.05) is 0 Å². The van der Waals surface area contributed by atoms with Gasteiger partial charge in [0, 0.05) is 17.7 Å².